The first-order chi connectivity index (χ1) is 7.42. The Morgan fingerprint density at radius 3 is 2.75 bits per heavy atom. The second kappa shape index (κ2) is 5.50. The molecular formula is C11H22N2O3. The Morgan fingerprint density at radius 2 is 2.19 bits per heavy atom. The highest BCUT2D eigenvalue weighted by atomic mass is 16.6. The fourth-order valence-electron chi connectivity index (χ4n) is 1.83. The smallest absolute Gasteiger partial charge is 0.407 e. The van der Waals surface area contributed by atoms with Crippen molar-refractivity contribution in [3.63, 3.8) is 0 Å². The van der Waals surface area contributed by atoms with Crippen LogP contribution < -0.4 is 10.6 Å². The van der Waals surface area contributed by atoms with E-state index in [2.05, 4.69) is 10.6 Å². The summed E-state index contributed by atoms with van der Waals surface area (Å²) < 4.78 is 5.19. The van der Waals surface area contributed by atoms with E-state index in [1.807, 2.05) is 20.8 Å². The zero-order chi connectivity index (χ0) is 12.2. The van der Waals surface area contributed by atoms with Gasteiger partial charge in [-0.2, -0.15) is 0 Å². The minimum atomic E-state index is -0.470. The number of carbonyl (C=O) groups is 1. The number of alkyl carbamates (subject to hydrolysis) is 1. The molecule has 0 spiro atoms. The van der Waals surface area contributed by atoms with Crippen molar-refractivity contribution in [3.8, 4) is 0 Å². The van der Waals surface area contributed by atoms with E-state index in [-0.39, 0.29) is 24.7 Å². The van der Waals surface area contributed by atoms with Gasteiger partial charge in [-0.05, 0) is 33.1 Å². The van der Waals surface area contributed by atoms with Crippen LogP contribution in [0.1, 0.15) is 27.2 Å². The molecule has 1 rings (SSSR count). The molecule has 3 N–H and O–H groups in total. The van der Waals surface area contributed by atoms with E-state index in [0.717, 1.165) is 13.1 Å². The lowest BCUT2D eigenvalue weighted by atomic mass is 10.0. The first kappa shape index (κ1) is 13.3. The average Bonchev–Trinajstić information content (AvgIpc) is 2.50. The van der Waals surface area contributed by atoms with Crippen LogP contribution in [0.2, 0.25) is 0 Å². The summed E-state index contributed by atoms with van der Waals surface area (Å²) in [6.07, 6.45) is 0.317. The van der Waals surface area contributed by atoms with Gasteiger partial charge in [0.25, 0.3) is 0 Å². The number of amides is 1. The van der Waals surface area contributed by atoms with Crippen molar-refractivity contribution in [3.05, 3.63) is 0 Å². The predicted molar refractivity (Wildman–Crippen MR) is 61.2 cm³/mol. The third-order valence-corrected chi connectivity index (χ3v) is 2.54. The number of hydrogen-bond donors (Lipinski definition) is 3. The van der Waals surface area contributed by atoms with Gasteiger partial charge in [0.15, 0.2) is 0 Å². The Hall–Kier alpha value is -0.810. The highest BCUT2D eigenvalue weighted by molar-refractivity contribution is 5.68. The maximum absolute atomic E-state index is 11.5. The predicted octanol–water partition coefficient (Wildman–Crippen LogP) is 0.481. The number of carbonyl (C=O) groups excluding carboxylic acids is 1. The molecule has 1 amide bonds. The molecule has 0 aromatic carbocycles. The van der Waals surface area contributed by atoms with Crippen LogP contribution in [-0.2, 0) is 4.74 Å². The van der Waals surface area contributed by atoms with Crippen molar-refractivity contribution in [1.82, 2.24) is 10.6 Å². The first-order valence-electron chi connectivity index (χ1n) is 5.73. The fourth-order valence-corrected chi connectivity index (χ4v) is 1.83. The summed E-state index contributed by atoms with van der Waals surface area (Å²) in [6, 6.07) is 0.0574. The van der Waals surface area contributed by atoms with Crippen molar-refractivity contribution in [1.29, 1.82) is 0 Å². The van der Waals surface area contributed by atoms with Crippen LogP contribution in [0.4, 0.5) is 4.79 Å². The molecule has 0 aromatic heterocycles. The lowest BCUT2D eigenvalue weighted by Crippen LogP contribution is -2.43. The lowest BCUT2D eigenvalue weighted by Gasteiger charge is -2.23. The van der Waals surface area contributed by atoms with Crippen molar-refractivity contribution in [2.45, 2.75) is 38.8 Å². The van der Waals surface area contributed by atoms with Gasteiger partial charge in [-0.25, -0.2) is 4.79 Å². The number of ether oxygens (including phenoxy) is 1. The van der Waals surface area contributed by atoms with Crippen LogP contribution in [0, 0.1) is 5.92 Å². The zero-order valence-corrected chi connectivity index (χ0v) is 10.2. The van der Waals surface area contributed by atoms with Crippen LogP contribution in [0.5, 0.6) is 0 Å². The Labute approximate surface area is 96.6 Å². The molecule has 2 atom stereocenters. The Bertz CT molecular complexity index is 238. The average molecular weight is 230 g/mol. The first-order valence-corrected chi connectivity index (χ1v) is 5.73. The van der Waals surface area contributed by atoms with Crippen LogP contribution in [0.3, 0.4) is 0 Å². The van der Waals surface area contributed by atoms with Gasteiger partial charge < -0.3 is 20.5 Å². The molecule has 94 valence electrons. The Kier molecular flexibility index (Phi) is 4.56. The van der Waals surface area contributed by atoms with Crippen LogP contribution in [0.15, 0.2) is 0 Å². The Morgan fingerprint density at radius 1 is 1.50 bits per heavy atom. The van der Waals surface area contributed by atoms with E-state index >= 15 is 0 Å². The van der Waals surface area contributed by atoms with Crippen molar-refractivity contribution < 1.29 is 14.6 Å². The number of aliphatic hydroxyl groups excluding tert-OH is 1. The minimum absolute atomic E-state index is 0.0574. The van der Waals surface area contributed by atoms with Crippen LogP contribution in [-0.4, -0.2) is 42.5 Å². The van der Waals surface area contributed by atoms with Gasteiger partial charge in [0.2, 0.25) is 0 Å². The summed E-state index contributed by atoms with van der Waals surface area (Å²) >= 11 is 0. The van der Waals surface area contributed by atoms with E-state index in [4.69, 9.17) is 9.84 Å². The molecule has 1 aliphatic rings. The number of hydrogen-bond acceptors (Lipinski definition) is 4. The maximum Gasteiger partial charge on any atom is 0.407 e. The second-order valence-electron chi connectivity index (χ2n) is 5.18. The van der Waals surface area contributed by atoms with E-state index in [1.165, 1.54) is 0 Å². The van der Waals surface area contributed by atoms with Crippen molar-refractivity contribution in [2.24, 2.45) is 5.92 Å². The molecule has 0 bridgehead atoms. The van der Waals surface area contributed by atoms with E-state index < -0.39 is 5.60 Å². The van der Waals surface area contributed by atoms with E-state index in [9.17, 15) is 4.79 Å². The van der Waals surface area contributed by atoms with Gasteiger partial charge in [0.05, 0.1) is 0 Å². The minimum Gasteiger partial charge on any atom is -0.444 e. The Balaban J connectivity index is 2.38. The van der Waals surface area contributed by atoms with Gasteiger partial charge >= 0.3 is 6.09 Å². The molecule has 0 unspecified atom stereocenters. The van der Waals surface area contributed by atoms with E-state index in [0.29, 0.717) is 6.42 Å². The van der Waals surface area contributed by atoms with Crippen LogP contribution in [0.25, 0.3) is 0 Å². The summed E-state index contributed by atoms with van der Waals surface area (Å²) in [4.78, 5) is 11.5. The van der Waals surface area contributed by atoms with Crippen molar-refractivity contribution >= 4 is 6.09 Å². The third kappa shape index (κ3) is 4.37. The SMILES string of the molecule is CC(C)(C)OC(=O)N[C@@H]1CNC[C@@H]1CCO. The van der Waals surface area contributed by atoms with Crippen molar-refractivity contribution in [2.75, 3.05) is 19.7 Å². The molecule has 0 aliphatic carbocycles. The van der Waals surface area contributed by atoms with Crippen LogP contribution >= 0.6 is 0 Å². The zero-order valence-electron chi connectivity index (χ0n) is 10.2. The van der Waals surface area contributed by atoms with Gasteiger partial charge in [0.1, 0.15) is 5.60 Å². The summed E-state index contributed by atoms with van der Waals surface area (Å²) in [5.74, 6) is 0.289. The molecule has 1 aliphatic heterocycles. The highest BCUT2D eigenvalue weighted by Gasteiger charge is 2.29. The quantitative estimate of drug-likeness (QED) is 0.659. The summed E-state index contributed by atoms with van der Waals surface area (Å²) in [5.41, 5.74) is -0.470. The number of nitrogens with one attached hydrogen (secondary N) is 2. The fraction of sp³-hybridized carbons (Fsp3) is 0.909. The monoisotopic (exact) mass is 230 g/mol. The van der Waals surface area contributed by atoms with Gasteiger partial charge in [-0.1, -0.05) is 0 Å². The summed E-state index contributed by atoms with van der Waals surface area (Å²) in [6.45, 7) is 7.24. The van der Waals surface area contributed by atoms with Gasteiger partial charge in [-0.3, -0.25) is 0 Å². The topological polar surface area (TPSA) is 70.6 Å². The van der Waals surface area contributed by atoms with Gasteiger partial charge in [0, 0.05) is 25.7 Å². The molecule has 1 heterocycles. The molecular weight excluding hydrogens is 208 g/mol. The standard InChI is InChI=1S/C11H22N2O3/c1-11(2,3)16-10(15)13-9-7-12-6-8(9)4-5-14/h8-9,12,14H,4-7H2,1-3H3,(H,13,15)/t8-,9+/m0/s1. The highest BCUT2D eigenvalue weighted by Crippen LogP contribution is 2.14. The molecule has 0 radical (unpaired) electrons. The molecule has 5 heteroatoms. The second-order valence-corrected chi connectivity index (χ2v) is 5.18. The third-order valence-electron chi connectivity index (χ3n) is 2.54. The number of rotatable bonds is 3. The van der Waals surface area contributed by atoms with E-state index in [1.54, 1.807) is 0 Å². The lowest BCUT2D eigenvalue weighted by molar-refractivity contribution is 0.0493. The molecule has 5 nitrogen and oxygen atoms in total. The molecule has 1 saturated heterocycles. The largest absolute Gasteiger partial charge is 0.444 e. The molecule has 1 fully saturated rings. The molecule has 0 aromatic rings. The summed E-state index contributed by atoms with van der Waals surface area (Å²) in [7, 11) is 0. The normalized spacial score (nSPS) is 25.5. The van der Waals surface area contributed by atoms with Gasteiger partial charge in [-0.15, -0.1) is 0 Å². The molecule has 16 heavy (non-hydrogen) atoms. The summed E-state index contributed by atoms with van der Waals surface area (Å²) in [5, 5.41) is 14.9. The number of aliphatic hydroxyl groups is 1. The molecule has 0 saturated carbocycles. The maximum atomic E-state index is 11.5.